The molecule has 6 heterocycles. The van der Waals surface area contributed by atoms with E-state index in [-0.39, 0.29) is 24.1 Å². The van der Waals surface area contributed by atoms with Gasteiger partial charge in [-0.25, -0.2) is 4.98 Å². The van der Waals surface area contributed by atoms with E-state index in [0.29, 0.717) is 57.6 Å². The summed E-state index contributed by atoms with van der Waals surface area (Å²) >= 11 is 7.96. The molecule has 64 heavy (non-hydrogen) atoms. The molecule has 6 aromatic rings. The minimum absolute atomic E-state index is 0.0342. The number of rotatable bonds is 11. The number of fused-ring (bicyclic) bond motifs is 4. The van der Waals surface area contributed by atoms with Gasteiger partial charge in [0.05, 0.1) is 35.0 Å². The van der Waals surface area contributed by atoms with Gasteiger partial charge in [0, 0.05) is 40.7 Å². The molecule has 5 aliphatic rings. The Bertz CT molecular complexity index is 2810. The van der Waals surface area contributed by atoms with Crippen LogP contribution in [0, 0.1) is 49.4 Å². The maximum absolute atomic E-state index is 13.3. The second-order valence-electron chi connectivity index (χ2n) is 18.3. The molecule has 1 saturated heterocycles. The summed E-state index contributed by atoms with van der Waals surface area (Å²) in [6.07, 6.45) is 13.0. The molecule has 4 fully saturated rings. The van der Waals surface area contributed by atoms with Gasteiger partial charge in [-0.05, 0) is 131 Å². The van der Waals surface area contributed by atoms with Crippen LogP contribution in [0.15, 0.2) is 76.5 Å². The minimum atomic E-state index is -0.295. The molecule has 3 saturated carbocycles. The zero-order valence-corrected chi connectivity index (χ0v) is 37.7. The Labute approximate surface area is 381 Å². The number of aromatic nitrogens is 6. The number of nitrogens with one attached hydrogen (secondary N) is 1. The topological polar surface area (TPSA) is 160 Å². The Balaban J connectivity index is 0.709. The number of aryl methyl sites for hydroxylation is 3. The van der Waals surface area contributed by atoms with Gasteiger partial charge in [0.15, 0.2) is 23.2 Å². The summed E-state index contributed by atoms with van der Waals surface area (Å²) in [5.74, 6) is 4.99. The number of ether oxygens (including phenoxy) is 1. The number of carbonyl (C=O) groups is 1. The molecule has 0 bridgehead atoms. The maximum atomic E-state index is 13.3. The van der Waals surface area contributed by atoms with Crippen molar-refractivity contribution in [1.82, 2.24) is 35.3 Å². The number of oxazole rings is 1. The molecule has 2 aromatic carbocycles. The first-order valence-electron chi connectivity index (χ1n) is 22.5. The van der Waals surface area contributed by atoms with Gasteiger partial charge in [0.25, 0.3) is 5.91 Å². The van der Waals surface area contributed by atoms with Crippen LogP contribution in [0.3, 0.4) is 0 Å². The van der Waals surface area contributed by atoms with Crippen LogP contribution in [0.4, 0.5) is 5.82 Å². The molecule has 4 aromatic heterocycles. The van der Waals surface area contributed by atoms with E-state index in [4.69, 9.17) is 31.0 Å². The van der Waals surface area contributed by atoms with Crippen molar-refractivity contribution in [1.29, 1.82) is 5.26 Å². The predicted octanol–water partition coefficient (Wildman–Crippen LogP) is 9.05. The van der Waals surface area contributed by atoms with Gasteiger partial charge in [-0.1, -0.05) is 35.9 Å². The van der Waals surface area contributed by atoms with Crippen LogP contribution in [0.1, 0.15) is 118 Å². The van der Waals surface area contributed by atoms with Crippen LogP contribution in [0.5, 0.6) is 5.75 Å². The van der Waals surface area contributed by atoms with Crippen molar-refractivity contribution in [3.63, 3.8) is 0 Å². The Morgan fingerprint density at radius 1 is 1.05 bits per heavy atom. The molecule has 3 aliphatic carbocycles. The van der Waals surface area contributed by atoms with Gasteiger partial charge in [0.1, 0.15) is 34.9 Å². The largest absolute Gasteiger partial charge is 0.490 e. The molecule has 1 N–H and O–H groups in total. The molecule has 1 amide bonds. The zero-order valence-electron chi connectivity index (χ0n) is 36.1. The lowest BCUT2D eigenvalue weighted by atomic mass is 9.70. The molecular weight excluding hydrogens is 844 g/mol. The third-order valence-corrected chi connectivity index (χ3v) is 16.2. The number of benzene rings is 2. The molecule has 5 atom stereocenters. The van der Waals surface area contributed by atoms with Crippen molar-refractivity contribution in [2.45, 2.75) is 109 Å². The van der Waals surface area contributed by atoms with Gasteiger partial charge < -0.3 is 19.4 Å². The lowest BCUT2D eigenvalue weighted by Crippen LogP contribution is -2.40. The van der Waals surface area contributed by atoms with Crippen LogP contribution in [0.2, 0.25) is 5.02 Å². The summed E-state index contributed by atoms with van der Waals surface area (Å²) in [5, 5.41) is 32.0. The number of anilines is 1. The third kappa shape index (κ3) is 7.17. The van der Waals surface area contributed by atoms with Crippen molar-refractivity contribution in [3.05, 3.63) is 128 Å². The number of piperidine rings is 1. The number of aliphatic imine (C=N–C) groups is 1. The highest BCUT2D eigenvalue weighted by molar-refractivity contribution is 7.15. The molecule has 0 radical (unpaired) electrons. The van der Waals surface area contributed by atoms with Crippen molar-refractivity contribution in [2.24, 2.45) is 22.2 Å². The number of hydrogen-bond acceptors (Lipinski definition) is 12. The number of hydrogen-bond donors (Lipinski definition) is 1. The maximum Gasteiger partial charge on any atom is 0.272 e. The number of nitriles is 1. The third-order valence-electron chi connectivity index (χ3n) is 14.7. The monoisotopic (exact) mass is 892 g/mol. The van der Waals surface area contributed by atoms with Gasteiger partial charge in [-0.15, -0.1) is 31.7 Å². The van der Waals surface area contributed by atoms with E-state index >= 15 is 0 Å². The zero-order chi connectivity index (χ0) is 43.7. The number of thiophene rings is 1. The average Bonchev–Trinajstić information content (AvgIpc) is 3.73. The van der Waals surface area contributed by atoms with Gasteiger partial charge in [0.2, 0.25) is 0 Å². The van der Waals surface area contributed by atoms with Crippen LogP contribution in [0.25, 0.3) is 5.00 Å². The standard InChI is InChI=1S/C49H49ClN10O3S/c1-27-28(2)64-48-42(27)44(54-39(24-41-52-20-22-62-41)46-58-55-29(3)60(46)48)31-8-5-30(6-9-31)7-10-32-25-49-19-4-21-59(45(49)43(32)49)40-18-17-38(56-57-40)47(61)53-34-12-15-35(16-13-34)63-36-14-11-33(26-51)37(50)23-36/h5-6,8-9,11,14,17-18,20,22-23,32,34-35,39,43,45H,4,7,10,12-13,15-16,19,21,24-25H2,1-3H3,(H,53,61)/t32-,34?,35?,39-,43?,45?,49-/m0/s1. The molecule has 2 unspecified atom stereocenters. The van der Waals surface area contributed by atoms with E-state index in [1.54, 1.807) is 42.0 Å². The van der Waals surface area contributed by atoms with E-state index < -0.39 is 0 Å². The van der Waals surface area contributed by atoms with Crippen molar-refractivity contribution in [2.75, 3.05) is 11.4 Å². The quantitative estimate of drug-likeness (QED) is 0.133. The molecule has 2 aliphatic heterocycles. The Morgan fingerprint density at radius 2 is 1.89 bits per heavy atom. The summed E-state index contributed by atoms with van der Waals surface area (Å²) in [5.41, 5.74) is 6.97. The Kier molecular flexibility index (Phi) is 10.4. The van der Waals surface area contributed by atoms with Crippen LogP contribution in [-0.4, -0.2) is 66.3 Å². The fraction of sp³-hybridized carbons (Fsp3) is 0.429. The Morgan fingerprint density at radius 3 is 2.64 bits per heavy atom. The fourth-order valence-corrected chi connectivity index (χ4v) is 12.8. The highest BCUT2D eigenvalue weighted by atomic mass is 35.5. The highest BCUT2D eigenvalue weighted by Crippen LogP contribution is 2.76. The number of halogens is 1. The van der Waals surface area contributed by atoms with Gasteiger partial charge in [-0.3, -0.25) is 14.4 Å². The summed E-state index contributed by atoms with van der Waals surface area (Å²) in [6.45, 7) is 7.34. The average molecular weight is 894 g/mol. The van der Waals surface area contributed by atoms with Crippen LogP contribution < -0.4 is 15.0 Å². The van der Waals surface area contributed by atoms with Crippen LogP contribution in [-0.2, 0) is 12.8 Å². The van der Waals surface area contributed by atoms with E-state index in [2.05, 4.69) is 84.3 Å². The van der Waals surface area contributed by atoms with E-state index in [1.165, 1.54) is 28.8 Å². The second kappa shape index (κ2) is 16.3. The fourth-order valence-electron chi connectivity index (χ4n) is 11.4. The number of nitrogens with zero attached hydrogens (tertiary/aromatic N) is 9. The predicted molar refractivity (Wildman–Crippen MR) is 244 cm³/mol. The van der Waals surface area contributed by atoms with E-state index in [1.807, 2.05) is 19.1 Å². The van der Waals surface area contributed by atoms with Crippen molar-refractivity contribution < 1.29 is 13.9 Å². The SMILES string of the molecule is Cc1sc2c(c1C)C(c1ccc(CC[C@H]3C[C@]45CCCN(c6ccc(C(=O)NC7CCC(Oc8ccc(C#N)c(Cl)c8)CC7)nn6)C4C35)cc1)=N[C@@H](Cc1ncco1)c1nnc(C)n1-2. The second-order valence-corrected chi connectivity index (χ2v) is 19.9. The van der Waals surface area contributed by atoms with E-state index in [9.17, 15) is 4.79 Å². The van der Waals surface area contributed by atoms with Gasteiger partial charge in [-0.2, -0.15) is 5.26 Å². The smallest absolute Gasteiger partial charge is 0.272 e. The first-order chi connectivity index (χ1) is 31.2. The first kappa shape index (κ1) is 40.8. The van der Waals surface area contributed by atoms with Crippen molar-refractivity contribution in [3.8, 4) is 16.8 Å². The minimum Gasteiger partial charge on any atom is -0.490 e. The summed E-state index contributed by atoms with van der Waals surface area (Å²) in [6, 6.07) is 20.4. The summed E-state index contributed by atoms with van der Waals surface area (Å²) in [7, 11) is 0. The highest BCUT2D eigenvalue weighted by Gasteiger charge is 2.77. The van der Waals surface area contributed by atoms with Crippen molar-refractivity contribution >= 4 is 40.4 Å². The molecule has 13 nitrogen and oxygen atoms in total. The molecule has 15 heteroatoms. The molecule has 11 rings (SSSR count). The summed E-state index contributed by atoms with van der Waals surface area (Å²) < 4.78 is 14.0. The first-order valence-corrected chi connectivity index (χ1v) is 23.7. The van der Waals surface area contributed by atoms with E-state index in [0.717, 1.165) is 90.8 Å². The lowest BCUT2D eigenvalue weighted by molar-refractivity contribution is 0.0888. The van der Waals surface area contributed by atoms with Crippen LogP contribution >= 0.6 is 22.9 Å². The molecular formula is C49H49ClN10O3S. The Hall–Kier alpha value is -5.91. The van der Waals surface area contributed by atoms with Gasteiger partial charge >= 0.3 is 0 Å². The number of amides is 1. The summed E-state index contributed by atoms with van der Waals surface area (Å²) in [4.78, 5) is 26.8. The normalized spacial score (nSPS) is 25.4. The molecule has 326 valence electrons. The number of carbonyl (C=O) groups excluding carboxylic acids is 1. The molecule has 1 spiro atoms. The lowest BCUT2D eigenvalue weighted by Gasteiger charge is -2.37.